The zero-order valence-electron chi connectivity index (χ0n) is 12.1. The average molecular weight is 368 g/mol. The molecule has 0 aliphatic heterocycles. The number of halogens is 2. The molecule has 0 spiro atoms. The fourth-order valence-corrected chi connectivity index (χ4v) is 2.27. The average Bonchev–Trinajstić information content (AvgIpc) is 2.55. The largest absolute Gasteiger partial charge is 0.357 e. The lowest BCUT2D eigenvalue weighted by molar-refractivity contribution is -0.121. The van der Waals surface area contributed by atoms with Gasteiger partial charge in [0.25, 0.3) is 0 Å². The van der Waals surface area contributed by atoms with Gasteiger partial charge >= 0.3 is 0 Å². The predicted molar refractivity (Wildman–Crippen MR) is 97.3 cm³/mol. The molecule has 0 aliphatic rings. The van der Waals surface area contributed by atoms with E-state index in [1.54, 1.807) is 18.2 Å². The van der Waals surface area contributed by atoms with Crippen molar-refractivity contribution in [1.82, 2.24) is 16.2 Å². The standard InChI is InChI=1S/C16H15Cl2N3OS/c17-13-7-6-12(8-14(13)18)9-15(22)20-21-16(23)19-10-11-4-2-1-3-5-11/h1-8H,9-10H2,(H,20,22)(H2,19,21,23). The minimum Gasteiger partial charge on any atom is -0.357 e. The highest BCUT2D eigenvalue weighted by atomic mass is 35.5. The van der Waals surface area contributed by atoms with Crippen LogP contribution in [-0.2, 0) is 17.8 Å². The molecule has 0 radical (unpaired) electrons. The first-order valence-corrected chi connectivity index (χ1v) is 8.01. The highest BCUT2D eigenvalue weighted by Crippen LogP contribution is 2.22. The minimum atomic E-state index is -0.229. The zero-order valence-corrected chi connectivity index (χ0v) is 14.4. The lowest BCUT2D eigenvalue weighted by atomic mass is 10.1. The third-order valence-electron chi connectivity index (χ3n) is 2.96. The molecule has 1 amide bonds. The molecule has 0 fully saturated rings. The minimum absolute atomic E-state index is 0.172. The van der Waals surface area contributed by atoms with Crippen molar-refractivity contribution >= 4 is 46.4 Å². The van der Waals surface area contributed by atoms with Crippen LogP contribution in [0.5, 0.6) is 0 Å². The Hall–Kier alpha value is -1.82. The van der Waals surface area contributed by atoms with Crippen LogP contribution in [-0.4, -0.2) is 11.0 Å². The van der Waals surface area contributed by atoms with Crippen LogP contribution >= 0.6 is 35.4 Å². The molecule has 0 heterocycles. The molecule has 23 heavy (non-hydrogen) atoms. The van der Waals surface area contributed by atoms with Crippen LogP contribution in [0.3, 0.4) is 0 Å². The van der Waals surface area contributed by atoms with Gasteiger partial charge < -0.3 is 5.32 Å². The number of hydrazine groups is 1. The van der Waals surface area contributed by atoms with E-state index in [1.807, 2.05) is 30.3 Å². The Labute approximate surface area is 150 Å². The number of hydrogen-bond acceptors (Lipinski definition) is 2. The molecule has 0 unspecified atom stereocenters. The maximum Gasteiger partial charge on any atom is 0.242 e. The predicted octanol–water partition coefficient (Wildman–Crippen LogP) is 3.23. The molecule has 0 atom stereocenters. The van der Waals surface area contributed by atoms with Crippen molar-refractivity contribution in [1.29, 1.82) is 0 Å². The van der Waals surface area contributed by atoms with Crippen molar-refractivity contribution in [3.63, 3.8) is 0 Å². The van der Waals surface area contributed by atoms with Gasteiger partial charge in [-0.05, 0) is 35.5 Å². The molecule has 0 saturated carbocycles. The van der Waals surface area contributed by atoms with E-state index in [-0.39, 0.29) is 12.3 Å². The van der Waals surface area contributed by atoms with Gasteiger partial charge in [0.2, 0.25) is 5.91 Å². The van der Waals surface area contributed by atoms with Crippen molar-refractivity contribution in [3.05, 3.63) is 69.7 Å². The van der Waals surface area contributed by atoms with E-state index in [9.17, 15) is 4.79 Å². The maximum atomic E-state index is 11.9. The van der Waals surface area contributed by atoms with Crippen LogP contribution in [0.4, 0.5) is 0 Å². The van der Waals surface area contributed by atoms with Crippen LogP contribution in [0.1, 0.15) is 11.1 Å². The molecular formula is C16H15Cl2N3OS. The summed E-state index contributed by atoms with van der Waals surface area (Å²) in [6.07, 6.45) is 0.172. The van der Waals surface area contributed by atoms with Crippen molar-refractivity contribution in [3.8, 4) is 0 Å². The van der Waals surface area contributed by atoms with E-state index in [0.717, 1.165) is 11.1 Å². The number of amides is 1. The molecule has 0 aromatic heterocycles. The monoisotopic (exact) mass is 367 g/mol. The molecule has 120 valence electrons. The van der Waals surface area contributed by atoms with Crippen LogP contribution in [0.2, 0.25) is 10.0 Å². The molecular weight excluding hydrogens is 353 g/mol. The lowest BCUT2D eigenvalue weighted by Gasteiger charge is -2.12. The first-order chi connectivity index (χ1) is 11.0. The van der Waals surface area contributed by atoms with Crippen molar-refractivity contribution in [2.75, 3.05) is 0 Å². The summed E-state index contributed by atoms with van der Waals surface area (Å²) >= 11 is 16.8. The Bertz CT molecular complexity index is 695. The quantitative estimate of drug-likeness (QED) is 0.573. The van der Waals surface area contributed by atoms with E-state index < -0.39 is 0 Å². The van der Waals surface area contributed by atoms with Crippen molar-refractivity contribution in [2.24, 2.45) is 0 Å². The summed E-state index contributed by atoms with van der Waals surface area (Å²) < 4.78 is 0. The summed E-state index contributed by atoms with van der Waals surface area (Å²) in [6.45, 7) is 0.579. The second kappa shape index (κ2) is 8.72. The molecule has 0 bridgehead atoms. The number of carbonyl (C=O) groups is 1. The van der Waals surface area contributed by atoms with E-state index in [0.29, 0.717) is 21.7 Å². The number of nitrogens with one attached hydrogen (secondary N) is 3. The normalized spacial score (nSPS) is 10.0. The summed E-state index contributed by atoms with van der Waals surface area (Å²) in [5.74, 6) is -0.229. The van der Waals surface area contributed by atoms with Crippen LogP contribution in [0.25, 0.3) is 0 Å². The SMILES string of the molecule is O=C(Cc1ccc(Cl)c(Cl)c1)NNC(=S)NCc1ccccc1. The fourth-order valence-electron chi connectivity index (χ4n) is 1.83. The first kappa shape index (κ1) is 17.5. The summed E-state index contributed by atoms with van der Waals surface area (Å²) in [5.41, 5.74) is 7.05. The molecule has 0 saturated heterocycles. The Morgan fingerprint density at radius 1 is 0.957 bits per heavy atom. The van der Waals surface area contributed by atoms with Gasteiger partial charge in [-0.2, -0.15) is 0 Å². The smallest absolute Gasteiger partial charge is 0.242 e. The Kier molecular flexibility index (Phi) is 6.65. The zero-order chi connectivity index (χ0) is 16.7. The molecule has 3 N–H and O–H groups in total. The summed E-state index contributed by atoms with van der Waals surface area (Å²) in [7, 11) is 0. The number of rotatable bonds is 4. The van der Waals surface area contributed by atoms with Gasteiger partial charge in [0, 0.05) is 6.54 Å². The van der Waals surface area contributed by atoms with Gasteiger partial charge in [0.05, 0.1) is 16.5 Å². The van der Waals surface area contributed by atoms with E-state index in [4.69, 9.17) is 35.4 Å². The molecule has 2 rings (SSSR count). The molecule has 2 aromatic rings. The highest BCUT2D eigenvalue weighted by molar-refractivity contribution is 7.80. The van der Waals surface area contributed by atoms with Gasteiger partial charge in [-0.1, -0.05) is 59.6 Å². The number of thiocarbonyl (C=S) groups is 1. The highest BCUT2D eigenvalue weighted by Gasteiger charge is 2.06. The van der Waals surface area contributed by atoms with Crippen LogP contribution in [0.15, 0.2) is 48.5 Å². The van der Waals surface area contributed by atoms with E-state index >= 15 is 0 Å². The van der Waals surface area contributed by atoms with Gasteiger partial charge in [-0.25, -0.2) is 0 Å². The van der Waals surface area contributed by atoms with E-state index in [2.05, 4.69) is 16.2 Å². The molecule has 4 nitrogen and oxygen atoms in total. The number of benzene rings is 2. The molecule has 2 aromatic carbocycles. The molecule has 0 aliphatic carbocycles. The first-order valence-electron chi connectivity index (χ1n) is 6.85. The topological polar surface area (TPSA) is 53.2 Å². The van der Waals surface area contributed by atoms with Crippen molar-refractivity contribution in [2.45, 2.75) is 13.0 Å². The maximum absolute atomic E-state index is 11.9. The molecule has 7 heteroatoms. The third-order valence-corrected chi connectivity index (χ3v) is 3.95. The van der Waals surface area contributed by atoms with Crippen LogP contribution < -0.4 is 16.2 Å². The van der Waals surface area contributed by atoms with Gasteiger partial charge in [-0.3, -0.25) is 15.6 Å². The van der Waals surface area contributed by atoms with Crippen LogP contribution in [0, 0.1) is 0 Å². The van der Waals surface area contributed by atoms with Gasteiger partial charge in [0.15, 0.2) is 5.11 Å². The van der Waals surface area contributed by atoms with Gasteiger partial charge in [0.1, 0.15) is 0 Å². The number of hydrogen-bond donors (Lipinski definition) is 3. The second-order valence-electron chi connectivity index (χ2n) is 4.77. The van der Waals surface area contributed by atoms with Crippen molar-refractivity contribution < 1.29 is 4.79 Å². The Morgan fingerprint density at radius 2 is 1.70 bits per heavy atom. The third kappa shape index (κ3) is 6.06. The summed E-state index contributed by atoms with van der Waals surface area (Å²) in [5, 5.41) is 4.23. The fraction of sp³-hybridized carbons (Fsp3) is 0.125. The summed E-state index contributed by atoms with van der Waals surface area (Å²) in [6, 6.07) is 14.9. The van der Waals surface area contributed by atoms with Gasteiger partial charge in [-0.15, -0.1) is 0 Å². The second-order valence-corrected chi connectivity index (χ2v) is 5.99. The Morgan fingerprint density at radius 3 is 2.39 bits per heavy atom. The van der Waals surface area contributed by atoms with E-state index in [1.165, 1.54) is 0 Å². The lowest BCUT2D eigenvalue weighted by Crippen LogP contribution is -2.47. The number of carbonyl (C=O) groups excluding carboxylic acids is 1. The Balaban J connectivity index is 1.73. The summed E-state index contributed by atoms with van der Waals surface area (Å²) in [4.78, 5) is 11.9.